The first-order valence-corrected chi connectivity index (χ1v) is 6.55. The summed E-state index contributed by atoms with van der Waals surface area (Å²) in [5.41, 5.74) is 8.69. The van der Waals surface area contributed by atoms with Gasteiger partial charge in [-0.3, -0.25) is 0 Å². The molecule has 2 rings (SSSR count). The van der Waals surface area contributed by atoms with Crippen molar-refractivity contribution in [3.05, 3.63) is 23.3 Å². The highest BCUT2D eigenvalue weighted by molar-refractivity contribution is 5.57. The zero-order valence-corrected chi connectivity index (χ0v) is 11.7. The molecule has 0 spiro atoms. The lowest BCUT2D eigenvalue weighted by Crippen LogP contribution is -2.23. The third kappa shape index (κ3) is 1.97. The molecule has 1 aromatic carbocycles. The molecule has 18 heavy (non-hydrogen) atoms. The van der Waals surface area contributed by atoms with Crippen molar-refractivity contribution in [2.24, 2.45) is 5.73 Å². The smallest absolute Gasteiger partial charge is 0.164 e. The first-order chi connectivity index (χ1) is 8.59. The van der Waals surface area contributed by atoms with E-state index in [0.29, 0.717) is 12.5 Å². The van der Waals surface area contributed by atoms with Crippen molar-refractivity contribution in [2.45, 2.75) is 38.0 Å². The number of benzene rings is 1. The van der Waals surface area contributed by atoms with Gasteiger partial charge in [0.15, 0.2) is 11.5 Å². The van der Waals surface area contributed by atoms with Crippen molar-refractivity contribution in [2.75, 3.05) is 20.8 Å². The van der Waals surface area contributed by atoms with Crippen LogP contribution in [0.4, 0.5) is 0 Å². The van der Waals surface area contributed by atoms with Crippen LogP contribution >= 0.6 is 0 Å². The summed E-state index contributed by atoms with van der Waals surface area (Å²) in [6.07, 6.45) is 2.29. The Morgan fingerprint density at radius 1 is 1.22 bits per heavy atom. The third-order valence-corrected chi connectivity index (χ3v) is 3.97. The van der Waals surface area contributed by atoms with Crippen LogP contribution in [0, 0.1) is 0 Å². The van der Waals surface area contributed by atoms with Gasteiger partial charge in [0.1, 0.15) is 0 Å². The molecule has 3 nitrogen and oxygen atoms in total. The maximum Gasteiger partial charge on any atom is 0.164 e. The fraction of sp³-hybridized carbons (Fsp3) is 0.600. The molecule has 0 amide bonds. The minimum Gasteiger partial charge on any atom is -0.493 e. The maximum absolute atomic E-state index is 5.99. The highest BCUT2D eigenvalue weighted by Crippen LogP contribution is 2.55. The van der Waals surface area contributed by atoms with E-state index in [-0.39, 0.29) is 5.41 Å². The zero-order valence-electron chi connectivity index (χ0n) is 11.7. The maximum atomic E-state index is 5.99. The summed E-state index contributed by atoms with van der Waals surface area (Å²) in [6.45, 7) is 5.09. The van der Waals surface area contributed by atoms with E-state index in [4.69, 9.17) is 15.2 Å². The summed E-state index contributed by atoms with van der Waals surface area (Å²) in [6, 6.07) is 4.14. The van der Waals surface area contributed by atoms with Crippen molar-refractivity contribution in [3.8, 4) is 11.5 Å². The minimum atomic E-state index is 0.111. The molecule has 100 valence electrons. The highest BCUT2D eigenvalue weighted by atomic mass is 16.5. The van der Waals surface area contributed by atoms with E-state index in [9.17, 15) is 0 Å². The lowest BCUT2D eigenvalue weighted by Gasteiger charge is -2.24. The molecule has 0 aliphatic heterocycles. The van der Waals surface area contributed by atoms with Crippen LogP contribution in [0.25, 0.3) is 0 Å². The van der Waals surface area contributed by atoms with Gasteiger partial charge in [-0.25, -0.2) is 0 Å². The summed E-state index contributed by atoms with van der Waals surface area (Å²) in [4.78, 5) is 0. The second kappa shape index (κ2) is 4.81. The number of nitrogens with two attached hydrogens (primary N) is 1. The van der Waals surface area contributed by atoms with Gasteiger partial charge in [0.05, 0.1) is 14.2 Å². The molecule has 0 radical (unpaired) electrons. The van der Waals surface area contributed by atoms with Gasteiger partial charge in [-0.1, -0.05) is 19.9 Å². The number of rotatable bonds is 5. The monoisotopic (exact) mass is 249 g/mol. The summed E-state index contributed by atoms with van der Waals surface area (Å²) in [5.74, 6) is 2.13. The predicted molar refractivity (Wildman–Crippen MR) is 73.6 cm³/mol. The Kier molecular flexibility index (Phi) is 3.53. The minimum absolute atomic E-state index is 0.111. The molecule has 2 N–H and O–H groups in total. The van der Waals surface area contributed by atoms with Gasteiger partial charge in [0, 0.05) is 17.5 Å². The molecular weight excluding hydrogens is 226 g/mol. The molecule has 1 aromatic rings. The van der Waals surface area contributed by atoms with Gasteiger partial charge >= 0.3 is 0 Å². The standard InChI is InChI=1S/C15H23NO2/c1-10(2)11-5-6-12(17-3)14(18-4)13(11)15(9-16)7-8-15/h5-6,10H,7-9,16H2,1-4H3. The van der Waals surface area contributed by atoms with E-state index >= 15 is 0 Å². The summed E-state index contributed by atoms with van der Waals surface area (Å²) in [7, 11) is 3.39. The molecule has 0 heterocycles. The fourth-order valence-corrected chi connectivity index (χ4v) is 2.68. The van der Waals surface area contributed by atoms with Crippen LogP contribution in [0.2, 0.25) is 0 Å². The van der Waals surface area contributed by atoms with Crippen LogP contribution < -0.4 is 15.2 Å². The molecule has 0 aromatic heterocycles. The number of hydrogen-bond acceptors (Lipinski definition) is 3. The van der Waals surface area contributed by atoms with Crippen molar-refractivity contribution in [3.63, 3.8) is 0 Å². The second-order valence-electron chi connectivity index (χ2n) is 5.40. The number of ether oxygens (including phenoxy) is 2. The molecule has 1 fully saturated rings. The van der Waals surface area contributed by atoms with Gasteiger partial charge in [-0.05, 0) is 30.4 Å². The van der Waals surface area contributed by atoms with E-state index in [1.807, 2.05) is 6.07 Å². The van der Waals surface area contributed by atoms with E-state index < -0.39 is 0 Å². The predicted octanol–water partition coefficient (Wildman–Crippen LogP) is 2.82. The second-order valence-corrected chi connectivity index (χ2v) is 5.40. The highest BCUT2D eigenvalue weighted by Gasteiger charge is 2.47. The summed E-state index contributed by atoms with van der Waals surface area (Å²) in [5, 5.41) is 0. The van der Waals surface area contributed by atoms with Crippen LogP contribution in [0.5, 0.6) is 11.5 Å². The Labute approximate surface area is 109 Å². The van der Waals surface area contributed by atoms with Crippen molar-refractivity contribution in [1.82, 2.24) is 0 Å². The topological polar surface area (TPSA) is 44.5 Å². The van der Waals surface area contributed by atoms with Gasteiger partial charge < -0.3 is 15.2 Å². The molecule has 0 bridgehead atoms. The van der Waals surface area contributed by atoms with Crippen LogP contribution in [0.3, 0.4) is 0 Å². The summed E-state index contributed by atoms with van der Waals surface area (Å²) >= 11 is 0. The largest absolute Gasteiger partial charge is 0.493 e. The average Bonchev–Trinajstić information content (AvgIpc) is 3.17. The molecular formula is C15H23NO2. The SMILES string of the molecule is COc1ccc(C(C)C)c(C2(CN)CC2)c1OC. The molecule has 0 saturated heterocycles. The van der Waals surface area contributed by atoms with E-state index in [2.05, 4.69) is 19.9 Å². The lowest BCUT2D eigenvalue weighted by atomic mass is 9.85. The first-order valence-electron chi connectivity index (χ1n) is 6.55. The first kappa shape index (κ1) is 13.2. The Bertz CT molecular complexity index is 436. The number of hydrogen-bond donors (Lipinski definition) is 1. The molecule has 1 aliphatic rings. The Hall–Kier alpha value is -1.22. The van der Waals surface area contributed by atoms with Crippen LogP contribution in [0.15, 0.2) is 12.1 Å². The number of methoxy groups -OCH3 is 2. The van der Waals surface area contributed by atoms with Gasteiger partial charge in [-0.15, -0.1) is 0 Å². The third-order valence-electron chi connectivity index (χ3n) is 3.97. The normalized spacial score (nSPS) is 16.8. The van der Waals surface area contributed by atoms with Crippen LogP contribution in [-0.4, -0.2) is 20.8 Å². The fourth-order valence-electron chi connectivity index (χ4n) is 2.68. The van der Waals surface area contributed by atoms with E-state index in [0.717, 1.165) is 24.3 Å². The van der Waals surface area contributed by atoms with E-state index in [1.54, 1.807) is 14.2 Å². The van der Waals surface area contributed by atoms with Crippen molar-refractivity contribution < 1.29 is 9.47 Å². The Morgan fingerprint density at radius 2 is 1.89 bits per heavy atom. The van der Waals surface area contributed by atoms with E-state index in [1.165, 1.54) is 11.1 Å². The quantitative estimate of drug-likeness (QED) is 0.872. The molecule has 1 saturated carbocycles. The Morgan fingerprint density at radius 3 is 2.28 bits per heavy atom. The molecule has 1 aliphatic carbocycles. The lowest BCUT2D eigenvalue weighted by molar-refractivity contribution is 0.347. The van der Waals surface area contributed by atoms with Crippen molar-refractivity contribution in [1.29, 1.82) is 0 Å². The summed E-state index contributed by atoms with van der Waals surface area (Å²) < 4.78 is 11.0. The molecule has 3 heteroatoms. The Balaban J connectivity index is 2.64. The zero-order chi connectivity index (χ0) is 13.3. The van der Waals surface area contributed by atoms with Gasteiger partial charge in [-0.2, -0.15) is 0 Å². The van der Waals surface area contributed by atoms with Crippen LogP contribution in [-0.2, 0) is 5.41 Å². The van der Waals surface area contributed by atoms with Gasteiger partial charge in [0.25, 0.3) is 0 Å². The molecule has 0 atom stereocenters. The average molecular weight is 249 g/mol. The molecule has 0 unspecified atom stereocenters. The van der Waals surface area contributed by atoms with Crippen LogP contribution in [0.1, 0.15) is 43.7 Å². The van der Waals surface area contributed by atoms with Gasteiger partial charge in [0.2, 0.25) is 0 Å². The van der Waals surface area contributed by atoms with Crippen molar-refractivity contribution >= 4 is 0 Å².